The fraction of sp³-hybridized carbons (Fsp3) is 0.524. The van der Waals surface area contributed by atoms with Gasteiger partial charge in [-0.2, -0.15) is 10.2 Å². The van der Waals surface area contributed by atoms with Crippen LogP contribution in [-0.4, -0.2) is 42.5 Å². The molecule has 0 aliphatic rings. The summed E-state index contributed by atoms with van der Waals surface area (Å²) in [7, 11) is 0. The summed E-state index contributed by atoms with van der Waals surface area (Å²) in [5, 5.41) is 11.8. The lowest BCUT2D eigenvalue weighted by atomic mass is 10.1. The average Bonchev–Trinajstić information content (AvgIpc) is 3.25. The maximum absolute atomic E-state index is 13.3. The number of nitrogens with zero attached hydrogens (tertiary/aromatic N) is 5. The molecule has 0 N–H and O–H groups in total. The van der Waals surface area contributed by atoms with Crippen LogP contribution in [0.1, 0.15) is 48.5 Å². The predicted octanol–water partition coefficient (Wildman–Crippen LogP) is 3.72. The Labute approximate surface area is 174 Å². The Bertz CT molecular complexity index is 1060. The molecule has 0 unspecified atom stereocenters. The van der Waals surface area contributed by atoms with Crippen molar-refractivity contribution in [3.63, 3.8) is 0 Å². The van der Waals surface area contributed by atoms with E-state index in [9.17, 15) is 9.59 Å². The minimum absolute atomic E-state index is 0.0406. The van der Waals surface area contributed by atoms with Crippen LogP contribution in [0.25, 0.3) is 21.5 Å². The Morgan fingerprint density at radius 2 is 1.86 bits per heavy atom. The maximum atomic E-state index is 13.3. The number of amides is 1. The molecule has 0 saturated heterocycles. The van der Waals surface area contributed by atoms with Crippen molar-refractivity contribution in [1.29, 1.82) is 0 Å². The molecule has 3 rings (SSSR count). The molecule has 0 aliphatic carbocycles. The molecule has 0 atom stereocenters. The normalized spacial score (nSPS) is 12.3. The second-order valence-corrected chi connectivity index (χ2v) is 9.71. The van der Waals surface area contributed by atoms with Crippen LogP contribution in [0.5, 0.6) is 0 Å². The zero-order valence-corrected chi connectivity index (χ0v) is 18.9. The standard InChI is InChI=1S/C21H29N5O2S/c1-13(2)25(14(3)4)17(27)12-24-20(28)19-15(11-22-26(19)21(5,6)7)18(23-24)16-9-8-10-29-16/h8-11,13-14H,12H2,1-7H3. The number of hydrogen-bond acceptors (Lipinski definition) is 5. The largest absolute Gasteiger partial charge is 0.336 e. The first kappa shape index (κ1) is 21.2. The van der Waals surface area contributed by atoms with E-state index in [1.54, 1.807) is 27.1 Å². The number of rotatable bonds is 5. The molecule has 156 valence electrons. The van der Waals surface area contributed by atoms with Crippen molar-refractivity contribution in [2.75, 3.05) is 0 Å². The number of carbonyl (C=O) groups excluding carboxylic acids is 1. The second-order valence-electron chi connectivity index (χ2n) is 8.77. The van der Waals surface area contributed by atoms with Crippen LogP contribution < -0.4 is 5.56 Å². The van der Waals surface area contributed by atoms with Crippen LogP contribution >= 0.6 is 11.3 Å². The maximum Gasteiger partial charge on any atom is 0.293 e. The third-order valence-electron chi connectivity index (χ3n) is 4.76. The van der Waals surface area contributed by atoms with Gasteiger partial charge in [-0.05, 0) is 59.9 Å². The summed E-state index contributed by atoms with van der Waals surface area (Å²) in [6, 6.07) is 3.99. The van der Waals surface area contributed by atoms with Crippen LogP contribution in [-0.2, 0) is 16.9 Å². The highest BCUT2D eigenvalue weighted by Gasteiger charge is 2.26. The molecule has 29 heavy (non-hydrogen) atoms. The Kier molecular flexibility index (Phi) is 5.67. The molecule has 7 nitrogen and oxygen atoms in total. The highest BCUT2D eigenvalue weighted by Crippen LogP contribution is 2.30. The van der Waals surface area contributed by atoms with E-state index in [-0.39, 0.29) is 35.6 Å². The molecule has 0 bridgehead atoms. The van der Waals surface area contributed by atoms with Gasteiger partial charge in [0.05, 0.1) is 22.0 Å². The molecule has 0 spiro atoms. The number of fused-ring (bicyclic) bond motifs is 1. The van der Waals surface area contributed by atoms with E-state index in [1.807, 2.05) is 66.0 Å². The Hall–Kier alpha value is -2.48. The molecule has 0 aliphatic heterocycles. The van der Waals surface area contributed by atoms with E-state index in [2.05, 4.69) is 10.2 Å². The van der Waals surface area contributed by atoms with Crippen molar-refractivity contribution in [2.24, 2.45) is 0 Å². The van der Waals surface area contributed by atoms with Crippen LogP contribution in [0.15, 0.2) is 28.5 Å². The monoisotopic (exact) mass is 415 g/mol. The van der Waals surface area contributed by atoms with Crippen molar-refractivity contribution >= 4 is 28.1 Å². The number of carbonyl (C=O) groups is 1. The summed E-state index contributed by atoms with van der Waals surface area (Å²) >= 11 is 1.55. The van der Waals surface area contributed by atoms with E-state index in [4.69, 9.17) is 0 Å². The summed E-state index contributed by atoms with van der Waals surface area (Å²) in [4.78, 5) is 29.1. The first-order valence-electron chi connectivity index (χ1n) is 9.86. The summed E-state index contributed by atoms with van der Waals surface area (Å²) < 4.78 is 3.02. The van der Waals surface area contributed by atoms with Crippen LogP contribution in [0.4, 0.5) is 0 Å². The second kappa shape index (κ2) is 7.74. The molecule has 3 aromatic heterocycles. The van der Waals surface area contributed by atoms with E-state index in [0.29, 0.717) is 16.6 Å². The molecule has 0 aromatic carbocycles. The quantitative estimate of drug-likeness (QED) is 0.637. The molecule has 1 amide bonds. The van der Waals surface area contributed by atoms with Gasteiger partial charge in [0.1, 0.15) is 17.8 Å². The summed E-state index contributed by atoms with van der Waals surface area (Å²) in [5.41, 5.74) is 0.482. The minimum Gasteiger partial charge on any atom is -0.336 e. The molecule has 0 radical (unpaired) electrons. The molecule has 3 heterocycles. The molecule has 8 heteroatoms. The van der Waals surface area contributed by atoms with Gasteiger partial charge in [0.25, 0.3) is 5.56 Å². The van der Waals surface area contributed by atoms with Crippen LogP contribution in [0.3, 0.4) is 0 Å². The van der Waals surface area contributed by atoms with Crippen LogP contribution in [0.2, 0.25) is 0 Å². The van der Waals surface area contributed by atoms with Gasteiger partial charge in [0.15, 0.2) is 0 Å². The Balaban J connectivity index is 2.21. The van der Waals surface area contributed by atoms with Gasteiger partial charge in [0.2, 0.25) is 5.91 Å². The van der Waals surface area contributed by atoms with Crippen molar-refractivity contribution in [1.82, 2.24) is 24.5 Å². The van der Waals surface area contributed by atoms with Gasteiger partial charge in [0, 0.05) is 12.1 Å². The number of aromatic nitrogens is 4. The topological polar surface area (TPSA) is 73.0 Å². The van der Waals surface area contributed by atoms with Gasteiger partial charge < -0.3 is 4.90 Å². The zero-order chi connectivity index (χ0) is 21.5. The zero-order valence-electron chi connectivity index (χ0n) is 18.1. The van der Waals surface area contributed by atoms with Crippen molar-refractivity contribution in [2.45, 2.75) is 72.6 Å². The number of hydrogen-bond donors (Lipinski definition) is 0. The van der Waals surface area contributed by atoms with E-state index >= 15 is 0 Å². The highest BCUT2D eigenvalue weighted by molar-refractivity contribution is 7.13. The lowest BCUT2D eigenvalue weighted by Gasteiger charge is -2.30. The number of thiophene rings is 1. The van der Waals surface area contributed by atoms with E-state index in [1.165, 1.54) is 4.68 Å². The van der Waals surface area contributed by atoms with E-state index in [0.717, 1.165) is 4.88 Å². The third kappa shape index (κ3) is 3.99. The fourth-order valence-electron chi connectivity index (χ4n) is 3.66. The first-order valence-corrected chi connectivity index (χ1v) is 10.7. The molecular weight excluding hydrogens is 386 g/mol. The van der Waals surface area contributed by atoms with Crippen molar-refractivity contribution < 1.29 is 4.79 Å². The van der Waals surface area contributed by atoms with E-state index < -0.39 is 0 Å². The SMILES string of the molecule is CC(C)N(C(=O)Cn1nc(-c2cccs2)c2cnn(C(C)(C)C)c2c1=O)C(C)C. The molecule has 0 saturated carbocycles. The molecular formula is C21H29N5O2S. The lowest BCUT2D eigenvalue weighted by molar-refractivity contribution is -0.135. The summed E-state index contributed by atoms with van der Waals surface area (Å²) in [6.07, 6.45) is 1.70. The van der Waals surface area contributed by atoms with Crippen molar-refractivity contribution in [3.8, 4) is 10.6 Å². The van der Waals surface area contributed by atoms with Crippen LogP contribution in [0, 0.1) is 0 Å². The minimum atomic E-state index is -0.376. The van der Waals surface area contributed by atoms with Gasteiger partial charge in [-0.25, -0.2) is 4.68 Å². The van der Waals surface area contributed by atoms with Gasteiger partial charge >= 0.3 is 0 Å². The summed E-state index contributed by atoms with van der Waals surface area (Å²) in [5.74, 6) is -0.122. The fourth-order valence-corrected chi connectivity index (χ4v) is 4.39. The Morgan fingerprint density at radius 1 is 1.21 bits per heavy atom. The first-order chi connectivity index (χ1) is 13.5. The van der Waals surface area contributed by atoms with Gasteiger partial charge in [-0.1, -0.05) is 6.07 Å². The van der Waals surface area contributed by atoms with Crippen molar-refractivity contribution in [3.05, 3.63) is 34.1 Å². The van der Waals surface area contributed by atoms with Gasteiger partial charge in [-0.15, -0.1) is 11.3 Å². The smallest absolute Gasteiger partial charge is 0.293 e. The molecule has 0 fully saturated rings. The third-order valence-corrected chi connectivity index (χ3v) is 5.63. The Morgan fingerprint density at radius 3 is 2.38 bits per heavy atom. The molecule has 3 aromatic rings. The predicted molar refractivity (Wildman–Crippen MR) is 117 cm³/mol. The highest BCUT2D eigenvalue weighted by atomic mass is 32.1. The summed E-state index contributed by atoms with van der Waals surface area (Å²) in [6.45, 7) is 13.8. The average molecular weight is 416 g/mol. The lowest BCUT2D eigenvalue weighted by Crippen LogP contribution is -2.45. The van der Waals surface area contributed by atoms with Gasteiger partial charge in [-0.3, -0.25) is 14.3 Å².